The summed E-state index contributed by atoms with van der Waals surface area (Å²) in [6.45, 7) is 2.00. The van der Waals surface area contributed by atoms with Crippen molar-refractivity contribution in [3.8, 4) is 11.3 Å². The van der Waals surface area contributed by atoms with Crippen molar-refractivity contribution in [2.75, 3.05) is 13.2 Å². The quantitative estimate of drug-likeness (QED) is 0.412. The van der Waals surface area contributed by atoms with E-state index < -0.39 is 12.0 Å². The van der Waals surface area contributed by atoms with Crippen molar-refractivity contribution in [1.82, 2.24) is 15.2 Å². The number of hydrogen-bond acceptors (Lipinski definition) is 6. The fourth-order valence-corrected chi connectivity index (χ4v) is 3.98. The molecule has 0 saturated carbocycles. The number of nitrogens with one attached hydrogen (secondary N) is 1. The van der Waals surface area contributed by atoms with E-state index in [4.69, 9.17) is 26.5 Å². The summed E-state index contributed by atoms with van der Waals surface area (Å²) < 4.78 is 11.3. The van der Waals surface area contributed by atoms with E-state index in [-0.39, 0.29) is 30.7 Å². The lowest BCUT2D eigenvalue weighted by Crippen LogP contribution is -2.35. The van der Waals surface area contributed by atoms with Gasteiger partial charge in [-0.2, -0.15) is 0 Å². The molecule has 1 aromatic carbocycles. The standard InChI is InChI=1S/C23H21N3O5S/c1-2-30-19(27)13-26-21(20(25-23(26)32)16-5-3-4-12-24-16)18-11-10-17(31-18)14-6-8-15(9-7-14)22(28)29/h3-12,20-21H,2,13H2,1H3,(H,25,32)(H,28,29)/t20-,21+/m0/s1. The van der Waals surface area contributed by atoms with Crippen LogP contribution in [0.4, 0.5) is 0 Å². The number of carbonyl (C=O) groups excluding carboxylic acids is 1. The van der Waals surface area contributed by atoms with E-state index in [1.165, 1.54) is 12.1 Å². The number of ether oxygens (including phenoxy) is 1. The van der Waals surface area contributed by atoms with Crippen LogP contribution in [0.25, 0.3) is 11.3 Å². The van der Waals surface area contributed by atoms with Gasteiger partial charge in [0.2, 0.25) is 0 Å². The van der Waals surface area contributed by atoms with Gasteiger partial charge in [0, 0.05) is 11.8 Å². The molecule has 0 unspecified atom stereocenters. The smallest absolute Gasteiger partial charge is 0.335 e. The number of esters is 1. The molecule has 2 N–H and O–H groups in total. The number of carboxylic acids is 1. The molecule has 3 heterocycles. The van der Waals surface area contributed by atoms with Crippen molar-refractivity contribution < 1.29 is 23.8 Å². The number of hydrogen-bond donors (Lipinski definition) is 2. The highest BCUT2D eigenvalue weighted by atomic mass is 32.1. The molecule has 0 spiro atoms. The second-order valence-electron chi connectivity index (χ2n) is 7.14. The zero-order valence-corrected chi connectivity index (χ0v) is 18.0. The molecular weight excluding hydrogens is 430 g/mol. The van der Waals surface area contributed by atoms with Gasteiger partial charge in [0.05, 0.1) is 23.9 Å². The molecule has 4 rings (SSSR count). The van der Waals surface area contributed by atoms with Gasteiger partial charge in [-0.25, -0.2) is 4.79 Å². The molecule has 1 fully saturated rings. The number of nitrogens with zero attached hydrogens (tertiary/aromatic N) is 2. The highest BCUT2D eigenvalue weighted by molar-refractivity contribution is 7.80. The Morgan fingerprint density at radius 3 is 2.62 bits per heavy atom. The Hall–Kier alpha value is -3.72. The minimum absolute atomic E-state index is 0.0307. The van der Waals surface area contributed by atoms with Crippen LogP contribution in [0.5, 0.6) is 0 Å². The van der Waals surface area contributed by atoms with Gasteiger partial charge in [0.25, 0.3) is 0 Å². The Morgan fingerprint density at radius 2 is 1.97 bits per heavy atom. The number of carboxylic acid groups (broad SMARTS) is 1. The minimum Gasteiger partial charge on any atom is -0.478 e. The number of furan rings is 1. The van der Waals surface area contributed by atoms with Gasteiger partial charge in [0.1, 0.15) is 24.1 Å². The van der Waals surface area contributed by atoms with Crippen molar-refractivity contribution in [2.45, 2.75) is 19.0 Å². The minimum atomic E-state index is -0.991. The number of pyridine rings is 1. The maximum atomic E-state index is 12.2. The Labute approximate surface area is 189 Å². The Morgan fingerprint density at radius 1 is 1.19 bits per heavy atom. The molecule has 32 heavy (non-hydrogen) atoms. The van der Waals surface area contributed by atoms with Crippen LogP contribution in [0.3, 0.4) is 0 Å². The lowest BCUT2D eigenvalue weighted by Gasteiger charge is -2.25. The summed E-state index contributed by atoms with van der Waals surface area (Å²) in [7, 11) is 0. The average molecular weight is 452 g/mol. The Kier molecular flexibility index (Phi) is 6.18. The molecule has 1 aliphatic rings. The monoisotopic (exact) mass is 451 g/mol. The molecule has 0 radical (unpaired) electrons. The van der Waals surface area contributed by atoms with Crippen molar-refractivity contribution in [2.24, 2.45) is 0 Å². The summed E-state index contributed by atoms with van der Waals surface area (Å²) in [6.07, 6.45) is 1.70. The number of carbonyl (C=O) groups is 2. The number of thiocarbonyl (C=S) groups is 1. The first kappa shape index (κ1) is 21.5. The topological polar surface area (TPSA) is 105 Å². The zero-order chi connectivity index (χ0) is 22.7. The largest absolute Gasteiger partial charge is 0.478 e. The predicted octanol–water partition coefficient (Wildman–Crippen LogP) is 3.58. The van der Waals surface area contributed by atoms with E-state index in [0.717, 1.165) is 11.3 Å². The zero-order valence-electron chi connectivity index (χ0n) is 17.2. The van der Waals surface area contributed by atoms with Crippen molar-refractivity contribution in [1.29, 1.82) is 0 Å². The van der Waals surface area contributed by atoms with E-state index in [9.17, 15) is 9.59 Å². The third kappa shape index (κ3) is 4.33. The highest BCUT2D eigenvalue weighted by Crippen LogP contribution is 2.40. The second-order valence-corrected chi connectivity index (χ2v) is 7.53. The van der Waals surface area contributed by atoms with Gasteiger partial charge in [-0.15, -0.1) is 0 Å². The third-order valence-electron chi connectivity index (χ3n) is 5.14. The summed E-state index contributed by atoms with van der Waals surface area (Å²) in [5.41, 5.74) is 1.69. The van der Waals surface area contributed by atoms with Crippen LogP contribution < -0.4 is 5.32 Å². The summed E-state index contributed by atoms with van der Waals surface area (Å²) in [6, 6.07) is 14.9. The van der Waals surface area contributed by atoms with Crippen LogP contribution in [0.2, 0.25) is 0 Å². The maximum absolute atomic E-state index is 12.2. The fraction of sp³-hybridized carbons (Fsp3) is 0.217. The number of rotatable bonds is 7. The Balaban J connectivity index is 1.68. The van der Waals surface area contributed by atoms with E-state index in [1.54, 1.807) is 30.2 Å². The van der Waals surface area contributed by atoms with Crippen LogP contribution in [0.15, 0.2) is 65.2 Å². The van der Waals surface area contributed by atoms with E-state index in [1.807, 2.05) is 30.3 Å². The van der Waals surface area contributed by atoms with E-state index in [2.05, 4.69) is 10.3 Å². The molecule has 1 saturated heterocycles. The summed E-state index contributed by atoms with van der Waals surface area (Å²) >= 11 is 5.52. The fourth-order valence-electron chi connectivity index (χ4n) is 3.67. The van der Waals surface area contributed by atoms with Gasteiger partial charge in [-0.1, -0.05) is 18.2 Å². The lowest BCUT2D eigenvalue weighted by atomic mass is 10.0. The van der Waals surface area contributed by atoms with Gasteiger partial charge in [0.15, 0.2) is 5.11 Å². The van der Waals surface area contributed by atoms with Crippen LogP contribution in [0.1, 0.15) is 40.8 Å². The first-order valence-electron chi connectivity index (χ1n) is 10.0. The van der Waals surface area contributed by atoms with Crippen LogP contribution in [-0.2, 0) is 9.53 Å². The van der Waals surface area contributed by atoms with Crippen molar-refractivity contribution in [3.05, 3.63) is 77.8 Å². The molecule has 164 valence electrons. The Bertz CT molecular complexity index is 1130. The van der Waals surface area contributed by atoms with Crippen LogP contribution in [-0.4, -0.2) is 45.2 Å². The van der Waals surface area contributed by atoms with Crippen LogP contribution in [0, 0.1) is 0 Å². The molecule has 3 aromatic rings. The molecule has 0 bridgehead atoms. The summed E-state index contributed by atoms with van der Waals surface area (Å²) in [5.74, 6) is -0.213. The van der Waals surface area contributed by atoms with E-state index in [0.29, 0.717) is 16.6 Å². The molecule has 0 amide bonds. The average Bonchev–Trinajstić information content (AvgIpc) is 3.40. The lowest BCUT2D eigenvalue weighted by molar-refractivity contribution is -0.143. The molecule has 2 atom stereocenters. The van der Waals surface area contributed by atoms with E-state index >= 15 is 0 Å². The number of aromatic nitrogens is 1. The SMILES string of the molecule is CCOC(=O)CN1C(=S)N[C@@H](c2ccccn2)[C@H]1c1ccc(-c2ccc(C(=O)O)cc2)o1. The number of benzene rings is 1. The summed E-state index contributed by atoms with van der Waals surface area (Å²) in [5, 5.41) is 12.8. The van der Waals surface area contributed by atoms with Gasteiger partial charge in [-0.05, 0) is 55.5 Å². The van der Waals surface area contributed by atoms with Gasteiger partial charge in [-0.3, -0.25) is 9.78 Å². The predicted molar refractivity (Wildman–Crippen MR) is 120 cm³/mol. The van der Waals surface area contributed by atoms with Gasteiger partial charge >= 0.3 is 11.9 Å². The highest BCUT2D eigenvalue weighted by Gasteiger charge is 2.42. The maximum Gasteiger partial charge on any atom is 0.335 e. The molecule has 0 aliphatic carbocycles. The molecule has 2 aromatic heterocycles. The van der Waals surface area contributed by atoms with Crippen molar-refractivity contribution in [3.63, 3.8) is 0 Å². The molecule has 9 heteroatoms. The molecule has 8 nitrogen and oxygen atoms in total. The third-order valence-corrected chi connectivity index (χ3v) is 5.49. The van der Waals surface area contributed by atoms with Gasteiger partial charge < -0.3 is 24.5 Å². The molecule has 1 aliphatic heterocycles. The van der Waals surface area contributed by atoms with Crippen LogP contribution >= 0.6 is 12.2 Å². The summed E-state index contributed by atoms with van der Waals surface area (Å²) in [4.78, 5) is 29.5. The normalized spacial score (nSPS) is 17.8. The first-order chi connectivity index (χ1) is 15.5. The molecular formula is C23H21N3O5S. The second kappa shape index (κ2) is 9.19. The number of aromatic carboxylic acids is 1. The van der Waals surface area contributed by atoms with Crippen molar-refractivity contribution >= 4 is 29.3 Å². The first-order valence-corrected chi connectivity index (χ1v) is 10.5.